The largest absolute Gasteiger partial charge is 0.491 e. The first-order valence-corrected chi connectivity index (χ1v) is 4.28. The Labute approximate surface area is 82.1 Å². The minimum atomic E-state index is -0.413. The molecular weight excluding hydrogens is 187 g/mol. The van der Waals surface area contributed by atoms with Crippen molar-refractivity contribution in [2.75, 3.05) is 20.3 Å². The van der Waals surface area contributed by atoms with Gasteiger partial charge in [-0.25, -0.2) is 4.39 Å². The zero-order chi connectivity index (χ0) is 10.4. The van der Waals surface area contributed by atoms with Crippen molar-refractivity contribution in [3.05, 3.63) is 29.6 Å². The van der Waals surface area contributed by atoms with Crippen LogP contribution in [0, 0.1) is 5.82 Å². The van der Waals surface area contributed by atoms with Crippen LogP contribution >= 0.6 is 0 Å². The third-order valence-electron chi connectivity index (χ3n) is 1.67. The van der Waals surface area contributed by atoms with Crippen LogP contribution in [-0.2, 0) is 11.3 Å². The van der Waals surface area contributed by atoms with Crippen LogP contribution in [0.2, 0.25) is 0 Å². The lowest BCUT2D eigenvalue weighted by Crippen LogP contribution is -2.04. The highest BCUT2D eigenvalue weighted by molar-refractivity contribution is 5.29. The van der Waals surface area contributed by atoms with Crippen LogP contribution in [0.25, 0.3) is 0 Å². The number of aliphatic hydroxyl groups is 1. The summed E-state index contributed by atoms with van der Waals surface area (Å²) in [7, 11) is 1.56. The molecule has 0 aliphatic rings. The van der Waals surface area contributed by atoms with Gasteiger partial charge in [0.25, 0.3) is 0 Å². The molecule has 3 nitrogen and oxygen atoms in total. The molecule has 0 amide bonds. The van der Waals surface area contributed by atoms with Gasteiger partial charge in [-0.05, 0) is 17.7 Å². The maximum Gasteiger partial charge on any atom is 0.127 e. The van der Waals surface area contributed by atoms with Crippen molar-refractivity contribution in [2.45, 2.75) is 6.61 Å². The highest BCUT2D eigenvalue weighted by Crippen LogP contribution is 2.16. The third kappa shape index (κ3) is 3.32. The molecule has 1 rings (SSSR count). The third-order valence-corrected chi connectivity index (χ3v) is 1.67. The van der Waals surface area contributed by atoms with Crippen molar-refractivity contribution in [1.29, 1.82) is 0 Å². The van der Waals surface area contributed by atoms with Crippen LogP contribution in [0.5, 0.6) is 5.75 Å². The Hall–Kier alpha value is -1.13. The number of ether oxygens (including phenoxy) is 2. The summed E-state index contributed by atoms with van der Waals surface area (Å²) in [5, 5.41) is 8.81. The molecule has 0 radical (unpaired) electrons. The van der Waals surface area contributed by atoms with E-state index in [9.17, 15) is 4.39 Å². The molecule has 0 saturated carbocycles. The maximum absolute atomic E-state index is 12.9. The van der Waals surface area contributed by atoms with Gasteiger partial charge < -0.3 is 14.6 Å². The van der Waals surface area contributed by atoms with Crippen LogP contribution < -0.4 is 4.74 Å². The average Bonchev–Trinajstić information content (AvgIpc) is 2.17. The highest BCUT2D eigenvalue weighted by Gasteiger charge is 2.00. The summed E-state index contributed by atoms with van der Waals surface area (Å²) in [6, 6.07) is 4.14. The minimum absolute atomic E-state index is 0.196. The fourth-order valence-electron chi connectivity index (χ4n) is 1.04. The molecule has 0 spiro atoms. The standard InChI is InChI=1S/C10H13FO3/c1-13-2-3-14-10-5-8(7-12)4-9(11)6-10/h4-6,12H,2-3,7H2,1H3. The highest BCUT2D eigenvalue weighted by atomic mass is 19.1. The fourth-order valence-corrected chi connectivity index (χ4v) is 1.04. The molecule has 0 unspecified atom stereocenters. The van der Waals surface area contributed by atoms with Gasteiger partial charge in [-0.2, -0.15) is 0 Å². The Bertz CT molecular complexity index is 289. The number of hydrogen-bond donors (Lipinski definition) is 1. The van der Waals surface area contributed by atoms with E-state index in [2.05, 4.69) is 0 Å². The number of halogens is 1. The Balaban J connectivity index is 2.62. The Morgan fingerprint density at radius 1 is 1.29 bits per heavy atom. The van der Waals surface area contributed by atoms with Crippen molar-refractivity contribution in [3.8, 4) is 5.75 Å². The van der Waals surface area contributed by atoms with Crippen molar-refractivity contribution in [1.82, 2.24) is 0 Å². The van der Waals surface area contributed by atoms with Crippen LogP contribution in [-0.4, -0.2) is 25.4 Å². The number of hydrogen-bond acceptors (Lipinski definition) is 3. The molecule has 0 heterocycles. The molecule has 0 fully saturated rings. The molecular formula is C10H13FO3. The second kappa shape index (κ2) is 5.57. The van der Waals surface area contributed by atoms with E-state index in [1.54, 1.807) is 13.2 Å². The van der Waals surface area contributed by atoms with E-state index in [4.69, 9.17) is 14.6 Å². The van der Waals surface area contributed by atoms with E-state index in [-0.39, 0.29) is 6.61 Å². The number of methoxy groups -OCH3 is 1. The molecule has 0 bridgehead atoms. The van der Waals surface area contributed by atoms with Crippen LogP contribution in [0.15, 0.2) is 18.2 Å². The second-order valence-corrected chi connectivity index (χ2v) is 2.79. The van der Waals surface area contributed by atoms with Gasteiger partial charge in [0.2, 0.25) is 0 Å². The van der Waals surface area contributed by atoms with Gasteiger partial charge in [0.1, 0.15) is 18.2 Å². The number of rotatable bonds is 5. The normalized spacial score (nSPS) is 10.2. The second-order valence-electron chi connectivity index (χ2n) is 2.79. The average molecular weight is 200 g/mol. The SMILES string of the molecule is COCCOc1cc(F)cc(CO)c1. The quantitative estimate of drug-likeness (QED) is 0.729. The summed E-state index contributed by atoms with van der Waals surface area (Å²) in [4.78, 5) is 0. The Kier molecular flexibility index (Phi) is 4.35. The smallest absolute Gasteiger partial charge is 0.127 e. The minimum Gasteiger partial charge on any atom is -0.491 e. The van der Waals surface area contributed by atoms with Gasteiger partial charge >= 0.3 is 0 Å². The van der Waals surface area contributed by atoms with E-state index in [1.807, 2.05) is 0 Å². The van der Waals surface area contributed by atoms with Crippen molar-refractivity contribution in [3.63, 3.8) is 0 Å². The lowest BCUT2D eigenvalue weighted by Gasteiger charge is -2.06. The maximum atomic E-state index is 12.9. The number of aliphatic hydroxyl groups excluding tert-OH is 1. The zero-order valence-corrected chi connectivity index (χ0v) is 8.00. The van der Waals surface area contributed by atoms with Gasteiger partial charge in [0, 0.05) is 13.2 Å². The fraction of sp³-hybridized carbons (Fsp3) is 0.400. The van der Waals surface area contributed by atoms with Crippen molar-refractivity contribution in [2.24, 2.45) is 0 Å². The topological polar surface area (TPSA) is 38.7 Å². The molecule has 0 aliphatic heterocycles. The molecule has 1 N–H and O–H groups in total. The van der Waals surface area contributed by atoms with E-state index in [0.717, 1.165) is 0 Å². The summed E-state index contributed by atoms with van der Waals surface area (Å²) in [6.45, 7) is 0.619. The lowest BCUT2D eigenvalue weighted by atomic mass is 10.2. The first-order chi connectivity index (χ1) is 6.76. The zero-order valence-electron chi connectivity index (χ0n) is 8.00. The molecule has 0 aliphatic carbocycles. The Morgan fingerprint density at radius 3 is 2.71 bits per heavy atom. The van der Waals surface area contributed by atoms with Crippen molar-refractivity contribution < 1.29 is 19.0 Å². The van der Waals surface area contributed by atoms with Gasteiger partial charge in [-0.3, -0.25) is 0 Å². The predicted octanol–water partition coefficient (Wildman–Crippen LogP) is 1.34. The van der Waals surface area contributed by atoms with Gasteiger partial charge in [0.05, 0.1) is 13.2 Å². The summed E-state index contributed by atoms with van der Waals surface area (Å²) in [5.41, 5.74) is 0.498. The molecule has 14 heavy (non-hydrogen) atoms. The molecule has 0 aromatic heterocycles. The molecule has 0 atom stereocenters. The van der Waals surface area contributed by atoms with E-state index >= 15 is 0 Å². The monoisotopic (exact) mass is 200 g/mol. The summed E-state index contributed by atoms with van der Waals surface area (Å²) in [6.07, 6.45) is 0. The van der Waals surface area contributed by atoms with Crippen LogP contribution in [0.1, 0.15) is 5.56 Å². The van der Waals surface area contributed by atoms with E-state index < -0.39 is 5.82 Å². The van der Waals surface area contributed by atoms with Gasteiger partial charge in [0.15, 0.2) is 0 Å². The molecule has 1 aromatic carbocycles. The molecule has 0 saturated heterocycles. The lowest BCUT2D eigenvalue weighted by molar-refractivity contribution is 0.146. The Morgan fingerprint density at radius 2 is 2.07 bits per heavy atom. The van der Waals surface area contributed by atoms with E-state index in [0.29, 0.717) is 24.5 Å². The first kappa shape index (κ1) is 10.9. The molecule has 78 valence electrons. The van der Waals surface area contributed by atoms with E-state index in [1.165, 1.54) is 12.1 Å². The molecule has 1 aromatic rings. The summed E-state index contributed by atoms with van der Waals surface area (Å²) >= 11 is 0. The number of benzene rings is 1. The van der Waals surface area contributed by atoms with Crippen molar-refractivity contribution >= 4 is 0 Å². The summed E-state index contributed by atoms with van der Waals surface area (Å²) in [5.74, 6) is -0.00457. The molecule has 4 heteroatoms. The predicted molar refractivity (Wildman–Crippen MR) is 49.7 cm³/mol. The first-order valence-electron chi connectivity index (χ1n) is 4.28. The van der Waals surface area contributed by atoms with Crippen LogP contribution in [0.3, 0.4) is 0 Å². The summed E-state index contributed by atoms with van der Waals surface area (Å²) < 4.78 is 22.9. The van der Waals surface area contributed by atoms with Crippen LogP contribution in [0.4, 0.5) is 4.39 Å². The van der Waals surface area contributed by atoms with Gasteiger partial charge in [-0.1, -0.05) is 0 Å². The van der Waals surface area contributed by atoms with Gasteiger partial charge in [-0.15, -0.1) is 0 Å².